The molecule has 0 saturated carbocycles. The lowest BCUT2D eigenvalue weighted by atomic mass is 10.1. The minimum Gasteiger partial charge on any atom is -0.491 e. The molecule has 1 aromatic carbocycles. The topological polar surface area (TPSA) is 63.8 Å². The van der Waals surface area contributed by atoms with Gasteiger partial charge >= 0.3 is 5.97 Å². The lowest BCUT2D eigenvalue weighted by Gasteiger charge is -2.10. The molecule has 1 N–H and O–H groups in total. The Bertz CT molecular complexity index is 885. The van der Waals surface area contributed by atoms with Gasteiger partial charge in [0.05, 0.1) is 23.9 Å². The van der Waals surface area contributed by atoms with E-state index in [9.17, 15) is 14.3 Å². The summed E-state index contributed by atoms with van der Waals surface area (Å²) >= 11 is 0. The van der Waals surface area contributed by atoms with Crippen LogP contribution in [0.1, 0.15) is 19.5 Å². The largest absolute Gasteiger partial charge is 0.491 e. The molecular formula is C18H17FN2O3. The maximum absolute atomic E-state index is 13.5. The van der Waals surface area contributed by atoms with Crippen LogP contribution in [0.15, 0.2) is 42.6 Å². The van der Waals surface area contributed by atoms with Crippen LogP contribution in [0.2, 0.25) is 0 Å². The highest BCUT2D eigenvalue weighted by molar-refractivity contribution is 5.76. The summed E-state index contributed by atoms with van der Waals surface area (Å²) in [6.45, 7) is 3.88. The molecule has 5 nitrogen and oxygen atoms in total. The van der Waals surface area contributed by atoms with Gasteiger partial charge in [-0.15, -0.1) is 0 Å². The number of ether oxygens (including phenoxy) is 1. The number of fused-ring (bicyclic) bond motifs is 1. The van der Waals surface area contributed by atoms with E-state index in [1.165, 1.54) is 22.7 Å². The van der Waals surface area contributed by atoms with Crippen molar-refractivity contribution in [2.45, 2.75) is 26.4 Å². The van der Waals surface area contributed by atoms with Gasteiger partial charge in [0.1, 0.15) is 17.2 Å². The Hall–Kier alpha value is -2.89. The van der Waals surface area contributed by atoms with Crippen molar-refractivity contribution in [1.82, 2.24) is 9.38 Å². The van der Waals surface area contributed by atoms with Crippen LogP contribution in [0, 0.1) is 5.82 Å². The zero-order valence-electron chi connectivity index (χ0n) is 13.4. The number of aliphatic carboxylic acids is 1. The van der Waals surface area contributed by atoms with Crippen LogP contribution in [0.25, 0.3) is 16.9 Å². The summed E-state index contributed by atoms with van der Waals surface area (Å²) in [5.41, 5.74) is 2.23. The molecule has 0 aliphatic carbocycles. The predicted octanol–water partition coefficient (Wildman–Crippen LogP) is 3.55. The first-order valence-electron chi connectivity index (χ1n) is 7.59. The Kier molecular flexibility index (Phi) is 4.20. The molecule has 0 unspecified atom stereocenters. The lowest BCUT2D eigenvalue weighted by Crippen LogP contribution is -2.06. The van der Waals surface area contributed by atoms with Gasteiger partial charge in [-0.2, -0.15) is 0 Å². The number of hydrogen-bond donors (Lipinski definition) is 1. The molecule has 0 aliphatic rings. The van der Waals surface area contributed by atoms with Crippen molar-refractivity contribution in [2.24, 2.45) is 0 Å². The first-order valence-corrected chi connectivity index (χ1v) is 7.59. The zero-order chi connectivity index (χ0) is 17.3. The second kappa shape index (κ2) is 6.31. The van der Waals surface area contributed by atoms with Crippen LogP contribution in [0.4, 0.5) is 4.39 Å². The molecule has 3 rings (SSSR count). The van der Waals surface area contributed by atoms with E-state index in [1.807, 2.05) is 38.1 Å². The summed E-state index contributed by atoms with van der Waals surface area (Å²) in [4.78, 5) is 15.7. The summed E-state index contributed by atoms with van der Waals surface area (Å²) in [6.07, 6.45) is 1.07. The van der Waals surface area contributed by atoms with Crippen molar-refractivity contribution < 1.29 is 19.0 Å². The lowest BCUT2D eigenvalue weighted by molar-refractivity contribution is -0.136. The minimum absolute atomic E-state index is 0.0663. The molecule has 6 heteroatoms. The monoisotopic (exact) mass is 328 g/mol. The van der Waals surface area contributed by atoms with Crippen LogP contribution in [0.3, 0.4) is 0 Å². The van der Waals surface area contributed by atoms with Crippen LogP contribution < -0.4 is 4.74 Å². The summed E-state index contributed by atoms with van der Waals surface area (Å²) in [5, 5.41) is 9.17. The maximum Gasteiger partial charge on any atom is 0.309 e. The summed E-state index contributed by atoms with van der Waals surface area (Å²) < 4.78 is 20.6. The first kappa shape index (κ1) is 16.0. The average Bonchev–Trinajstić information content (AvgIpc) is 2.85. The van der Waals surface area contributed by atoms with Crippen molar-refractivity contribution in [3.05, 3.63) is 54.1 Å². The highest BCUT2D eigenvalue weighted by atomic mass is 19.1. The zero-order valence-corrected chi connectivity index (χ0v) is 13.4. The molecule has 0 bridgehead atoms. The number of nitrogens with zero attached hydrogens (tertiary/aromatic N) is 2. The maximum atomic E-state index is 13.5. The summed E-state index contributed by atoms with van der Waals surface area (Å²) in [6, 6.07) is 10.1. The molecule has 0 spiro atoms. The van der Waals surface area contributed by atoms with Crippen molar-refractivity contribution in [2.75, 3.05) is 0 Å². The number of aromatic nitrogens is 2. The number of carboxylic acid groups (broad SMARTS) is 1. The van der Waals surface area contributed by atoms with Crippen molar-refractivity contribution in [3.63, 3.8) is 0 Å². The Labute approximate surface area is 138 Å². The third kappa shape index (κ3) is 3.22. The van der Waals surface area contributed by atoms with Crippen LogP contribution in [-0.4, -0.2) is 26.6 Å². The molecule has 24 heavy (non-hydrogen) atoms. The van der Waals surface area contributed by atoms with Crippen molar-refractivity contribution in [1.29, 1.82) is 0 Å². The SMILES string of the molecule is CC(C)Oc1ccc(-c2nc3ccc(F)cn3c2CC(=O)O)cc1. The quantitative estimate of drug-likeness (QED) is 0.778. The van der Waals surface area contributed by atoms with E-state index >= 15 is 0 Å². The Morgan fingerprint density at radius 2 is 1.96 bits per heavy atom. The van der Waals surface area contributed by atoms with Gasteiger partial charge in [0.2, 0.25) is 0 Å². The highest BCUT2D eigenvalue weighted by Crippen LogP contribution is 2.27. The van der Waals surface area contributed by atoms with Crippen molar-refractivity contribution in [3.8, 4) is 17.0 Å². The molecule has 3 aromatic rings. The van der Waals surface area contributed by atoms with E-state index < -0.39 is 11.8 Å². The van der Waals surface area contributed by atoms with E-state index in [0.29, 0.717) is 17.0 Å². The van der Waals surface area contributed by atoms with Gasteiger partial charge in [0.15, 0.2) is 0 Å². The fourth-order valence-electron chi connectivity index (χ4n) is 2.57. The molecular weight excluding hydrogens is 311 g/mol. The molecule has 0 aliphatic heterocycles. The van der Waals surface area contributed by atoms with Crippen LogP contribution in [-0.2, 0) is 11.2 Å². The standard InChI is InChI=1S/C18H17FN2O3/c1-11(2)24-14-6-3-12(4-7-14)18-15(9-17(22)23)21-10-13(19)5-8-16(21)20-18/h3-8,10-11H,9H2,1-2H3,(H,22,23). The van der Waals surface area contributed by atoms with E-state index in [1.54, 1.807) is 0 Å². The molecule has 0 saturated heterocycles. The second-order valence-electron chi connectivity index (χ2n) is 5.74. The molecule has 124 valence electrons. The number of hydrogen-bond acceptors (Lipinski definition) is 3. The Morgan fingerprint density at radius 1 is 1.25 bits per heavy atom. The summed E-state index contributed by atoms with van der Waals surface area (Å²) in [7, 11) is 0. The fourth-order valence-corrected chi connectivity index (χ4v) is 2.57. The number of carboxylic acids is 1. The molecule has 2 aromatic heterocycles. The Balaban J connectivity index is 2.09. The fraction of sp³-hybridized carbons (Fsp3) is 0.222. The molecule has 0 radical (unpaired) electrons. The van der Waals surface area contributed by atoms with Crippen LogP contribution in [0.5, 0.6) is 5.75 Å². The molecule has 0 fully saturated rings. The molecule has 0 atom stereocenters. The van der Waals surface area contributed by atoms with Crippen molar-refractivity contribution >= 4 is 11.6 Å². The van der Waals surface area contributed by atoms with Gasteiger partial charge in [0, 0.05) is 11.8 Å². The smallest absolute Gasteiger partial charge is 0.309 e. The first-order chi connectivity index (χ1) is 11.4. The number of benzene rings is 1. The van der Waals surface area contributed by atoms with E-state index in [4.69, 9.17) is 4.74 Å². The van der Waals surface area contributed by atoms with Gasteiger partial charge in [-0.25, -0.2) is 9.37 Å². The molecule has 2 heterocycles. The van der Waals surface area contributed by atoms with Crippen LogP contribution >= 0.6 is 0 Å². The van der Waals surface area contributed by atoms with Gasteiger partial charge in [-0.3, -0.25) is 9.20 Å². The predicted molar refractivity (Wildman–Crippen MR) is 87.7 cm³/mol. The second-order valence-corrected chi connectivity index (χ2v) is 5.74. The number of halogens is 1. The van der Waals surface area contributed by atoms with Gasteiger partial charge in [-0.05, 0) is 50.2 Å². The van der Waals surface area contributed by atoms with E-state index in [-0.39, 0.29) is 12.5 Å². The molecule has 0 amide bonds. The van der Waals surface area contributed by atoms with Gasteiger partial charge in [-0.1, -0.05) is 0 Å². The normalized spacial score (nSPS) is 11.2. The number of pyridine rings is 1. The van der Waals surface area contributed by atoms with E-state index in [2.05, 4.69) is 4.98 Å². The third-order valence-corrected chi connectivity index (χ3v) is 3.50. The number of carbonyl (C=O) groups is 1. The summed E-state index contributed by atoms with van der Waals surface area (Å²) in [5.74, 6) is -0.718. The highest BCUT2D eigenvalue weighted by Gasteiger charge is 2.17. The third-order valence-electron chi connectivity index (χ3n) is 3.50. The number of imidazole rings is 1. The average molecular weight is 328 g/mol. The van der Waals surface area contributed by atoms with Gasteiger partial charge < -0.3 is 9.84 Å². The van der Waals surface area contributed by atoms with E-state index in [0.717, 1.165) is 11.3 Å². The Morgan fingerprint density at radius 3 is 2.58 bits per heavy atom. The number of rotatable bonds is 5. The minimum atomic E-state index is -0.998. The van der Waals surface area contributed by atoms with Gasteiger partial charge in [0.25, 0.3) is 0 Å².